The molecule has 1 aliphatic heterocycles. The molecule has 0 bridgehead atoms. The first-order valence-corrected chi connectivity index (χ1v) is 9.41. The third kappa shape index (κ3) is 3.20. The fourth-order valence-electron chi connectivity index (χ4n) is 2.61. The number of aryl methyl sites for hydroxylation is 1. The van der Waals surface area contributed by atoms with Gasteiger partial charge in [0.1, 0.15) is 5.76 Å². The summed E-state index contributed by atoms with van der Waals surface area (Å²) < 4.78 is 4.98. The van der Waals surface area contributed by atoms with Crippen molar-refractivity contribution in [3.63, 3.8) is 0 Å². The van der Waals surface area contributed by atoms with Gasteiger partial charge in [0.05, 0.1) is 17.8 Å². The molecule has 25 heavy (non-hydrogen) atoms. The number of carbonyl (C=O) groups excluding carboxylic acids is 2. The van der Waals surface area contributed by atoms with Crippen molar-refractivity contribution >= 4 is 39.6 Å². The van der Waals surface area contributed by atoms with Crippen molar-refractivity contribution in [2.24, 2.45) is 0 Å². The standard InChI is InChI=1S/C16H14N4O3S2/c1-9-6-12(19-23-9)15(22)20-4-2-11-13(7-20)25-16(17-11)18-14(21)10-3-5-24-8-10/h3,5-6,8H,2,4,7H2,1H3,(H,17,18,21). The maximum Gasteiger partial charge on any atom is 0.276 e. The second-order valence-corrected chi connectivity index (χ2v) is 7.52. The van der Waals surface area contributed by atoms with E-state index in [-0.39, 0.29) is 11.8 Å². The van der Waals surface area contributed by atoms with Crippen LogP contribution in [0.3, 0.4) is 0 Å². The molecule has 7 nitrogen and oxygen atoms in total. The monoisotopic (exact) mass is 374 g/mol. The van der Waals surface area contributed by atoms with Gasteiger partial charge in [-0.05, 0) is 18.4 Å². The van der Waals surface area contributed by atoms with Gasteiger partial charge < -0.3 is 9.42 Å². The van der Waals surface area contributed by atoms with Gasteiger partial charge in [0, 0.05) is 29.3 Å². The van der Waals surface area contributed by atoms with Crippen LogP contribution in [0.25, 0.3) is 0 Å². The predicted octanol–water partition coefficient (Wildman–Crippen LogP) is 2.95. The molecule has 2 amide bonds. The molecular weight excluding hydrogens is 360 g/mol. The minimum atomic E-state index is -0.168. The Kier molecular flexibility index (Phi) is 4.10. The highest BCUT2D eigenvalue weighted by molar-refractivity contribution is 7.16. The molecule has 0 atom stereocenters. The largest absolute Gasteiger partial charge is 0.361 e. The summed E-state index contributed by atoms with van der Waals surface area (Å²) in [6.07, 6.45) is 0.655. The molecule has 0 spiro atoms. The van der Waals surface area contributed by atoms with Crippen molar-refractivity contribution in [3.05, 3.63) is 50.5 Å². The second kappa shape index (κ2) is 6.41. The maximum atomic E-state index is 12.5. The highest BCUT2D eigenvalue weighted by Gasteiger charge is 2.27. The van der Waals surface area contributed by atoms with E-state index < -0.39 is 0 Å². The van der Waals surface area contributed by atoms with E-state index >= 15 is 0 Å². The molecule has 4 rings (SSSR count). The lowest BCUT2D eigenvalue weighted by atomic mass is 10.1. The van der Waals surface area contributed by atoms with Gasteiger partial charge in [-0.2, -0.15) is 11.3 Å². The van der Waals surface area contributed by atoms with Crippen molar-refractivity contribution in [1.82, 2.24) is 15.0 Å². The Bertz CT molecular complexity index is 929. The number of carbonyl (C=O) groups is 2. The number of aromatic nitrogens is 2. The fourth-order valence-corrected chi connectivity index (χ4v) is 4.27. The van der Waals surface area contributed by atoms with Gasteiger partial charge in [-0.25, -0.2) is 4.98 Å². The number of nitrogens with zero attached hydrogens (tertiary/aromatic N) is 3. The van der Waals surface area contributed by atoms with Crippen LogP contribution in [0, 0.1) is 6.92 Å². The maximum absolute atomic E-state index is 12.5. The first-order valence-electron chi connectivity index (χ1n) is 7.65. The minimum Gasteiger partial charge on any atom is -0.361 e. The van der Waals surface area contributed by atoms with Crippen molar-refractivity contribution in [2.75, 3.05) is 11.9 Å². The molecule has 3 aromatic heterocycles. The molecular formula is C16H14N4O3S2. The van der Waals surface area contributed by atoms with E-state index in [0.717, 1.165) is 10.6 Å². The summed E-state index contributed by atoms with van der Waals surface area (Å²) in [7, 11) is 0. The van der Waals surface area contributed by atoms with Crippen LogP contribution in [-0.4, -0.2) is 33.4 Å². The summed E-state index contributed by atoms with van der Waals surface area (Å²) in [4.78, 5) is 31.8. The smallest absolute Gasteiger partial charge is 0.276 e. The molecule has 9 heteroatoms. The van der Waals surface area contributed by atoms with E-state index in [9.17, 15) is 9.59 Å². The number of fused-ring (bicyclic) bond motifs is 1. The van der Waals surface area contributed by atoms with E-state index in [1.54, 1.807) is 29.3 Å². The lowest BCUT2D eigenvalue weighted by Gasteiger charge is -2.25. The quantitative estimate of drug-likeness (QED) is 0.761. The molecule has 1 N–H and O–H groups in total. The predicted molar refractivity (Wildman–Crippen MR) is 94.1 cm³/mol. The number of nitrogens with one attached hydrogen (secondary N) is 1. The Morgan fingerprint density at radius 2 is 2.28 bits per heavy atom. The Labute approximate surface area is 151 Å². The van der Waals surface area contributed by atoms with Crippen molar-refractivity contribution < 1.29 is 14.1 Å². The van der Waals surface area contributed by atoms with Crippen molar-refractivity contribution in [3.8, 4) is 0 Å². The molecule has 1 aliphatic rings. The minimum absolute atomic E-state index is 0.153. The third-order valence-electron chi connectivity index (χ3n) is 3.87. The molecule has 0 aliphatic carbocycles. The lowest BCUT2D eigenvalue weighted by Crippen LogP contribution is -2.35. The van der Waals surface area contributed by atoms with Crippen LogP contribution in [-0.2, 0) is 13.0 Å². The summed E-state index contributed by atoms with van der Waals surface area (Å²) in [5.74, 6) is 0.287. The molecule has 0 saturated carbocycles. The topological polar surface area (TPSA) is 88.3 Å². The summed E-state index contributed by atoms with van der Waals surface area (Å²) in [6, 6.07) is 3.41. The molecule has 0 unspecified atom stereocenters. The number of rotatable bonds is 3. The second-order valence-electron chi connectivity index (χ2n) is 5.65. The van der Waals surface area contributed by atoms with E-state index in [4.69, 9.17) is 4.52 Å². The van der Waals surface area contributed by atoms with Gasteiger partial charge in [-0.1, -0.05) is 16.5 Å². The van der Waals surface area contributed by atoms with Crippen LogP contribution >= 0.6 is 22.7 Å². The summed E-state index contributed by atoms with van der Waals surface area (Å²) in [5.41, 5.74) is 1.87. The van der Waals surface area contributed by atoms with Gasteiger partial charge in [-0.3, -0.25) is 14.9 Å². The molecule has 4 heterocycles. The van der Waals surface area contributed by atoms with E-state index in [1.807, 2.05) is 5.38 Å². The zero-order valence-electron chi connectivity index (χ0n) is 13.3. The number of anilines is 1. The van der Waals surface area contributed by atoms with Gasteiger partial charge in [0.2, 0.25) is 0 Å². The average Bonchev–Trinajstić information content (AvgIpc) is 3.33. The first kappa shape index (κ1) is 16.0. The molecule has 128 valence electrons. The number of thiazole rings is 1. The molecule has 0 saturated heterocycles. The Balaban J connectivity index is 1.47. The van der Waals surface area contributed by atoms with Gasteiger partial charge in [-0.15, -0.1) is 0 Å². The number of hydrogen-bond donors (Lipinski definition) is 1. The highest BCUT2D eigenvalue weighted by atomic mass is 32.1. The van der Waals surface area contributed by atoms with Crippen LogP contribution in [0.15, 0.2) is 27.4 Å². The molecule has 0 fully saturated rings. The van der Waals surface area contributed by atoms with E-state index in [2.05, 4.69) is 15.5 Å². The van der Waals surface area contributed by atoms with Gasteiger partial charge >= 0.3 is 0 Å². The summed E-state index contributed by atoms with van der Waals surface area (Å²) >= 11 is 2.88. The van der Waals surface area contributed by atoms with E-state index in [1.165, 1.54) is 22.7 Å². The number of hydrogen-bond acceptors (Lipinski definition) is 7. The molecule has 3 aromatic rings. The highest BCUT2D eigenvalue weighted by Crippen LogP contribution is 2.29. The Morgan fingerprint density at radius 3 is 3.00 bits per heavy atom. The SMILES string of the molecule is Cc1cc(C(=O)N2CCc3nc(NC(=O)c4ccsc4)sc3C2)no1. The van der Waals surface area contributed by atoms with Crippen LogP contribution in [0.2, 0.25) is 0 Å². The summed E-state index contributed by atoms with van der Waals surface area (Å²) in [5, 5.41) is 10.8. The number of thiophene rings is 1. The first-order chi connectivity index (χ1) is 12.1. The van der Waals surface area contributed by atoms with Crippen molar-refractivity contribution in [1.29, 1.82) is 0 Å². The van der Waals surface area contributed by atoms with Crippen LogP contribution in [0.1, 0.15) is 37.2 Å². The van der Waals surface area contributed by atoms with Crippen LogP contribution < -0.4 is 5.32 Å². The average molecular weight is 374 g/mol. The zero-order chi connectivity index (χ0) is 17.4. The van der Waals surface area contributed by atoms with E-state index in [0.29, 0.717) is 41.7 Å². The Hall–Kier alpha value is -2.52. The zero-order valence-corrected chi connectivity index (χ0v) is 14.9. The normalized spacial score (nSPS) is 13.6. The van der Waals surface area contributed by atoms with Gasteiger partial charge in [0.25, 0.3) is 11.8 Å². The fraction of sp³-hybridized carbons (Fsp3) is 0.250. The van der Waals surface area contributed by atoms with Crippen LogP contribution in [0.5, 0.6) is 0 Å². The van der Waals surface area contributed by atoms with Crippen molar-refractivity contribution in [2.45, 2.75) is 19.9 Å². The lowest BCUT2D eigenvalue weighted by molar-refractivity contribution is 0.0725. The Morgan fingerprint density at radius 1 is 1.40 bits per heavy atom. The molecule has 0 radical (unpaired) electrons. The summed E-state index contributed by atoms with van der Waals surface area (Å²) in [6.45, 7) is 2.79. The molecule has 0 aromatic carbocycles. The van der Waals surface area contributed by atoms with Gasteiger partial charge in [0.15, 0.2) is 10.8 Å². The van der Waals surface area contributed by atoms with Crippen LogP contribution in [0.4, 0.5) is 5.13 Å². The number of amides is 2. The third-order valence-corrected chi connectivity index (χ3v) is 5.55.